The zero-order chi connectivity index (χ0) is 13.5. The van der Waals surface area contributed by atoms with Crippen molar-refractivity contribution in [1.82, 2.24) is 4.90 Å². The summed E-state index contributed by atoms with van der Waals surface area (Å²) >= 11 is 0. The summed E-state index contributed by atoms with van der Waals surface area (Å²) in [6.45, 7) is 4.96. The normalized spacial score (nSPS) is 16.1. The van der Waals surface area contributed by atoms with Crippen LogP contribution in [0.25, 0.3) is 0 Å². The molecule has 19 heavy (non-hydrogen) atoms. The second-order valence-electron chi connectivity index (χ2n) is 4.22. The molecule has 1 aromatic rings. The minimum atomic E-state index is -1.80. The van der Waals surface area contributed by atoms with E-state index in [2.05, 4.69) is 4.90 Å². The van der Waals surface area contributed by atoms with Gasteiger partial charge < -0.3 is 24.2 Å². The highest BCUT2D eigenvalue weighted by Crippen LogP contribution is 2.17. The molecule has 0 saturated carbocycles. The molecule has 0 radical (unpaired) electrons. The van der Waals surface area contributed by atoms with E-state index < -0.39 is 7.32 Å². The first-order chi connectivity index (χ1) is 9.24. The van der Waals surface area contributed by atoms with Crippen LogP contribution in [0.5, 0.6) is 11.5 Å². The van der Waals surface area contributed by atoms with Gasteiger partial charge in [0.1, 0.15) is 18.1 Å². The first-order valence-electron chi connectivity index (χ1n) is 6.30. The van der Waals surface area contributed by atoms with Crippen LogP contribution in [0, 0.1) is 0 Å². The molecule has 1 saturated heterocycles. The van der Waals surface area contributed by atoms with Crippen LogP contribution in [-0.2, 0) is 4.74 Å². The first kappa shape index (κ1) is 14.1. The average molecular weight is 267 g/mol. The number of morpholine rings is 1. The second-order valence-corrected chi connectivity index (χ2v) is 4.22. The Bertz CT molecular complexity index is 367. The number of benzene rings is 1. The molecule has 2 N–H and O–H groups in total. The van der Waals surface area contributed by atoms with Gasteiger partial charge in [-0.15, -0.1) is 0 Å². The maximum atomic E-state index is 8.65. The number of hydrogen-bond acceptors (Lipinski definition) is 6. The van der Waals surface area contributed by atoms with Gasteiger partial charge in [-0.05, 0) is 24.3 Å². The maximum absolute atomic E-state index is 8.65. The van der Waals surface area contributed by atoms with Crippen molar-refractivity contribution in [2.75, 3.05) is 39.5 Å². The summed E-state index contributed by atoms with van der Waals surface area (Å²) in [4.78, 5) is 2.29. The van der Waals surface area contributed by atoms with E-state index in [1.165, 1.54) is 0 Å². The van der Waals surface area contributed by atoms with E-state index in [0.717, 1.165) is 38.6 Å². The molecule has 1 heterocycles. The molecule has 2 rings (SSSR count). The summed E-state index contributed by atoms with van der Waals surface area (Å²) in [6.07, 6.45) is 0. The lowest BCUT2D eigenvalue weighted by molar-refractivity contribution is 0.0322. The Hall–Kier alpha value is -1.28. The largest absolute Gasteiger partial charge is 0.707 e. The van der Waals surface area contributed by atoms with Crippen molar-refractivity contribution < 1.29 is 24.2 Å². The van der Waals surface area contributed by atoms with Crippen molar-refractivity contribution in [2.45, 2.75) is 0 Å². The van der Waals surface area contributed by atoms with Crippen LogP contribution in [-0.4, -0.2) is 61.7 Å². The predicted octanol–water partition coefficient (Wildman–Crippen LogP) is -0.254. The van der Waals surface area contributed by atoms with Gasteiger partial charge in [0.25, 0.3) is 0 Å². The molecule has 0 unspecified atom stereocenters. The molecule has 1 aliphatic rings. The van der Waals surface area contributed by atoms with Crippen LogP contribution in [0.15, 0.2) is 24.3 Å². The van der Waals surface area contributed by atoms with Crippen molar-refractivity contribution in [1.29, 1.82) is 0 Å². The third kappa shape index (κ3) is 5.08. The molecule has 0 aromatic heterocycles. The lowest BCUT2D eigenvalue weighted by Gasteiger charge is -2.26. The average Bonchev–Trinajstić information content (AvgIpc) is 2.41. The van der Waals surface area contributed by atoms with Gasteiger partial charge in [-0.25, -0.2) is 0 Å². The number of hydrogen-bond donors (Lipinski definition) is 2. The van der Waals surface area contributed by atoms with Gasteiger partial charge in [-0.2, -0.15) is 0 Å². The number of nitrogens with zero attached hydrogens (tertiary/aromatic N) is 1. The van der Waals surface area contributed by atoms with Gasteiger partial charge >= 0.3 is 7.32 Å². The van der Waals surface area contributed by atoms with Crippen molar-refractivity contribution in [2.24, 2.45) is 0 Å². The fourth-order valence-corrected chi connectivity index (χ4v) is 1.85. The van der Waals surface area contributed by atoms with E-state index >= 15 is 0 Å². The fraction of sp³-hybridized carbons (Fsp3) is 0.500. The second kappa shape index (κ2) is 7.35. The molecular weight excluding hydrogens is 249 g/mol. The van der Waals surface area contributed by atoms with Crippen molar-refractivity contribution in [3.05, 3.63) is 24.3 Å². The lowest BCUT2D eigenvalue weighted by Crippen LogP contribution is -2.38. The predicted molar refractivity (Wildman–Crippen MR) is 70.0 cm³/mol. The Morgan fingerprint density at radius 2 is 1.74 bits per heavy atom. The summed E-state index contributed by atoms with van der Waals surface area (Å²) in [5.74, 6) is 1.11. The highest BCUT2D eigenvalue weighted by molar-refractivity contribution is 6.33. The van der Waals surface area contributed by atoms with Crippen LogP contribution < -0.4 is 9.39 Å². The SMILES string of the molecule is OB(O)Oc1ccc(OCCN2CCOCC2)cc1. The topological polar surface area (TPSA) is 71.4 Å². The van der Waals surface area contributed by atoms with Crippen LogP contribution in [0.3, 0.4) is 0 Å². The molecule has 0 aliphatic carbocycles. The van der Waals surface area contributed by atoms with E-state index in [4.69, 9.17) is 24.2 Å². The minimum Gasteiger partial charge on any atom is -0.512 e. The molecule has 1 aliphatic heterocycles. The zero-order valence-corrected chi connectivity index (χ0v) is 10.7. The molecule has 6 nitrogen and oxygen atoms in total. The van der Waals surface area contributed by atoms with Crippen molar-refractivity contribution in [3.63, 3.8) is 0 Å². The van der Waals surface area contributed by atoms with Crippen LogP contribution in [0.4, 0.5) is 0 Å². The third-order valence-electron chi connectivity index (χ3n) is 2.85. The Labute approximate surface area is 112 Å². The molecule has 0 amide bonds. The Morgan fingerprint density at radius 3 is 2.37 bits per heavy atom. The van der Waals surface area contributed by atoms with E-state index in [1.54, 1.807) is 24.3 Å². The van der Waals surface area contributed by atoms with E-state index in [-0.39, 0.29) is 0 Å². The summed E-state index contributed by atoms with van der Waals surface area (Å²) in [5.41, 5.74) is 0. The van der Waals surface area contributed by atoms with Gasteiger partial charge in [-0.1, -0.05) is 0 Å². The monoisotopic (exact) mass is 267 g/mol. The smallest absolute Gasteiger partial charge is 0.512 e. The molecular formula is C12H18BNO5. The zero-order valence-electron chi connectivity index (χ0n) is 10.7. The van der Waals surface area contributed by atoms with E-state index in [9.17, 15) is 0 Å². The highest BCUT2D eigenvalue weighted by atomic mass is 16.6. The van der Waals surface area contributed by atoms with E-state index in [0.29, 0.717) is 12.4 Å². The van der Waals surface area contributed by atoms with E-state index in [1.807, 2.05) is 0 Å². The van der Waals surface area contributed by atoms with Crippen LogP contribution in [0.2, 0.25) is 0 Å². The first-order valence-corrected chi connectivity index (χ1v) is 6.30. The Morgan fingerprint density at radius 1 is 1.11 bits per heavy atom. The summed E-state index contributed by atoms with van der Waals surface area (Å²) < 4.78 is 15.6. The Kier molecular flexibility index (Phi) is 5.47. The number of ether oxygens (including phenoxy) is 2. The van der Waals surface area contributed by atoms with Gasteiger partial charge in [0.15, 0.2) is 0 Å². The molecule has 104 valence electrons. The molecule has 7 heteroatoms. The fourth-order valence-electron chi connectivity index (χ4n) is 1.85. The quantitative estimate of drug-likeness (QED) is 0.692. The molecule has 1 aromatic carbocycles. The molecule has 0 bridgehead atoms. The third-order valence-corrected chi connectivity index (χ3v) is 2.85. The summed E-state index contributed by atoms with van der Waals surface area (Å²) in [7, 11) is -1.80. The maximum Gasteiger partial charge on any atom is 0.707 e. The molecule has 0 atom stereocenters. The van der Waals surface area contributed by atoms with Crippen LogP contribution in [0.1, 0.15) is 0 Å². The van der Waals surface area contributed by atoms with Crippen molar-refractivity contribution in [3.8, 4) is 11.5 Å². The summed E-state index contributed by atoms with van der Waals surface area (Å²) in [5, 5.41) is 17.3. The lowest BCUT2D eigenvalue weighted by atomic mass is 10.2. The highest BCUT2D eigenvalue weighted by Gasteiger charge is 2.11. The van der Waals surface area contributed by atoms with Gasteiger partial charge in [0.05, 0.1) is 13.2 Å². The van der Waals surface area contributed by atoms with Crippen molar-refractivity contribution >= 4 is 7.32 Å². The molecule has 0 spiro atoms. The van der Waals surface area contributed by atoms with Crippen LogP contribution >= 0.6 is 0 Å². The summed E-state index contributed by atoms with van der Waals surface area (Å²) in [6, 6.07) is 6.72. The number of rotatable bonds is 6. The van der Waals surface area contributed by atoms with Gasteiger partial charge in [0.2, 0.25) is 0 Å². The minimum absolute atomic E-state index is 0.385. The Balaban J connectivity index is 1.70. The standard InChI is InChI=1S/C12H18BNO5/c15-13(16)19-12-3-1-11(2-4-12)18-10-7-14-5-8-17-9-6-14/h1-4,15-16H,5-10H2. The molecule has 1 fully saturated rings. The van der Waals surface area contributed by atoms with Gasteiger partial charge in [0, 0.05) is 19.6 Å². The van der Waals surface area contributed by atoms with Gasteiger partial charge in [-0.3, -0.25) is 4.90 Å².